The maximum Gasteiger partial charge on any atom is 0.320 e. The summed E-state index contributed by atoms with van der Waals surface area (Å²) in [6, 6.07) is -0.983. The fourth-order valence-corrected chi connectivity index (χ4v) is 3.31. The molecule has 29 heavy (non-hydrogen) atoms. The van der Waals surface area contributed by atoms with E-state index in [-0.39, 0.29) is 41.2 Å². The van der Waals surface area contributed by atoms with E-state index in [9.17, 15) is 9.59 Å². The molecule has 1 radical (unpaired) electrons. The molecule has 0 fully saturated rings. The van der Waals surface area contributed by atoms with Crippen molar-refractivity contribution in [1.82, 2.24) is 0 Å². The molecule has 0 saturated carbocycles. The van der Waals surface area contributed by atoms with Crippen molar-refractivity contribution in [3.63, 3.8) is 0 Å². The number of carboxylic acid groups (broad SMARTS) is 1. The SMILES string of the molecule is CCCCCCCCCCCCCCCCCCOC(=O)CC[C@H](N)C(=O)O.[Ag]. The first-order chi connectivity index (χ1) is 13.6. The van der Waals surface area contributed by atoms with Crippen LogP contribution in [0.4, 0.5) is 0 Å². The molecular weight excluding hydrogens is 462 g/mol. The van der Waals surface area contributed by atoms with Gasteiger partial charge in [-0.1, -0.05) is 103 Å². The largest absolute Gasteiger partial charge is 0.480 e. The van der Waals surface area contributed by atoms with E-state index in [0.29, 0.717) is 6.61 Å². The monoisotopic (exact) mass is 506 g/mol. The first-order valence-electron chi connectivity index (χ1n) is 11.7. The average Bonchev–Trinajstić information content (AvgIpc) is 2.68. The van der Waals surface area contributed by atoms with Gasteiger partial charge < -0.3 is 15.6 Å². The second-order valence-electron chi connectivity index (χ2n) is 8.01. The summed E-state index contributed by atoms with van der Waals surface area (Å²) in [6.07, 6.45) is 21.3. The summed E-state index contributed by atoms with van der Waals surface area (Å²) in [7, 11) is 0. The van der Waals surface area contributed by atoms with Crippen molar-refractivity contribution in [2.75, 3.05) is 6.61 Å². The third-order valence-electron chi connectivity index (χ3n) is 5.24. The minimum absolute atomic E-state index is 0. The van der Waals surface area contributed by atoms with Crippen molar-refractivity contribution in [1.29, 1.82) is 0 Å². The number of hydrogen-bond donors (Lipinski definition) is 2. The van der Waals surface area contributed by atoms with Crippen molar-refractivity contribution < 1.29 is 41.8 Å². The molecule has 6 heteroatoms. The van der Waals surface area contributed by atoms with E-state index >= 15 is 0 Å². The molecule has 0 aliphatic rings. The minimum atomic E-state index is -1.08. The van der Waals surface area contributed by atoms with Crippen LogP contribution in [-0.4, -0.2) is 29.7 Å². The molecule has 177 valence electrons. The van der Waals surface area contributed by atoms with Gasteiger partial charge in [-0.25, -0.2) is 0 Å². The number of nitrogens with two attached hydrogens (primary N) is 1. The van der Waals surface area contributed by atoms with E-state index in [1.54, 1.807) is 0 Å². The van der Waals surface area contributed by atoms with E-state index in [1.165, 1.54) is 89.9 Å². The Balaban J connectivity index is 0. The Bertz CT molecular complexity index is 380. The molecule has 0 heterocycles. The summed E-state index contributed by atoms with van der Waals surface area (Å²) in [5.41, 5.74) is 5.35. The van der Waals surface area contributed by atoms with Crippen LogP contribution in [0.25, 0.3) is 0 Å². The van der Waals surface area contributed by atoms with Crippen LogP contribution in [-0.2, 0) is 36.7 Å². The van der Waals surface area contributed by atoms with Gasteiger partial charge in [0.2, 0.25) is 0 Å². The summed E-state index contributed by atoms with van der Waals surface area (Å²) in [5, 5.41) is 8.65. The Kier molecular flexibility index (Phi) is 25.4. The molecule has 0 rings (SSSR count). The standard InChI is InChI=1S/C23H45NO4.Ag/c1-2-3-4-5-6-7-8-9-10-11-12-13-14-15-16-17-20-28-22(25)19-18-21(24)23(26)27;/h21H,2-20,24H2,1H3,(H,26,27);/t21-;/m0./s1. The molecule has 0 amide bonds. The van der Waals surface area contributed by atoms with Gasteiger partial charge in [-0.2, -0.15) is 0 Å². The summed E-state index contributed by atoms with van der Waals surface area (Å²) in [4.78, 5) is 22.0. The molecule has 3 N–H and O–H groups in total. The molecule has 0 aliphatic carbocycles. The number of carbonyl (C=O) groups is 2. The number of unbranched alkanes of at least 4 members (excludes halogenated alkanes) is 15. The quantitative estimate of drug-likeness (QED) is 0.113. The minimum Gasteiger partial charge on any atom is -0.480 e. The Morgan fingerprint density at radius 2 is 1.14 bits per heavy atom. The second kappa shape index (κ2) is 23.9. The number of hydrogen-bond acceptors (Lipinski definition) is 4. The van der Waals surface area contributed by atoms with Crippen molar-refractivity contribution >= 4 is 11.9 Å². The van der Waals surface area contributed by atoms with Crippen LogP contribution in [0.2, 0.25) is 0 Å². The van der Waals surface area contributed by atoms with Crippen molar-refractivity contribution in [2.45, 2.75) is 129 Å². The topological polar surface area (TPSA) is 89.6 Å². The van der Waals surface area contributed by atoms with E-state index in [0.717, 1.165) is 12.8 Å². The summed E-state index contributed by atoms with van der Waals surface area (Å²) >= 11 is 0. The number of carboxylic acids is 1. The van der Waals surface area contributed by atoms with Gasteiger partial charge in [-0.15, -0.1) is 0 Å². The smallest absolute Gasteiger partial charge is 0.320 e. The van der Waals surface area contributed by atoms with Crippen LogP contribution in [0.15, 0.2) is 0 Å². The fourth-order valence-electron chi connectivity index (χ4n) is 3.31. The Morgan fingerprint density at radius 1 is 0.759 bits per heavy atom. The Hall–Kier alpha value is -0.360. The zero-order chi connectivity index (χ0) is 20.9. The van der Waals surface area contributed by atoms with E-state index in [4.69, 9.17) is 15.6 Å². The number of ether oxygens (including phenoxy) is 1. The first-order valence-corrected chi connectivity index (χ1v) is 11.7. The second-order valence-corrected chi connectivity index (χ2v) is 8.01. The average molecular weight is 507 g/mol. The van der Waals surface area contributed by atoms with E-state index in [1.807, 2.05) is 0 Å². The van der Waals surface area contributed by atoms with Gasteiger partial charge in [-0.3, -0.25) is 9.59 Å². The van der Waals surface area contributed by atoms with Crippen LogP contribution in [0.1, 0.15) is 122 Å². The molecule has 0 aromatic rings. The van der Waals surface area contributed by atoms with Gasteiger partial charge in [0.1, 0.15) is 6.04 Å². The predicted octanol–water partition coefficient (Wildman–Crippen LogP) is 5.98. The van der Waals surface area contributed by atoms with E-state index < -0.39 is 12.0 Å². The number of carbonyl (C=O) groups excluding carboxylic acids is 1. The van der Waals surface area contributed by atoms with Gasteiger partial charge in [0.15, 0.2) is 0 Å². The molecule has 0 aliphatic heterocycles. The summed E-state index contributed by atoms with van der Waals surface area (Å²) in [5.74, 6) is -1.43. The van der Waals surface area contributed by atoms with Crippen molar-refractivity contribution in [3.8, 4) is 0 Å². The van der Waals surface area contributed by atoms with Crippen LogP contribution in [0.5, 0.6) is 0 Å². The van der Waals surface area contributed by atoms with Crippen molar-refractivity contribution in [2.24, 2.45) is 5.73 Å². The normalized spacial score (nSPS) is 11.7. The van der Waals surface area contributed by atoms with Gasteiger partial charge in [-0.05, 0) is 12.8 Å². The molecule has 0 unspecified atom stereocenters. The maximum atomic E-state index is 11.5. The van der Waals surface area contributed by atoms with Gasteiger partial charge in [0.25, 0.3) is 0 Å². The maximum absolute atomic E-state index is 11.5. The number of aliphatic carboxylic acids is 1. The van der Waals surface area contributed by atoms with Gasteiger partial charge in [0, 0.05) is 28.8 Å². The van der Waals surface area contributed by atoms with Crippen LogP contribution in [0.3, 0.4) is 0 Å². The summed E-state index contributed by atoms with van der Waals surface area (Å²) in [6.45, 7) is 2.70. The third-order valence-corrected chi connectivity index (χ3v) is 5.24. The molecule has 0 aromatic heterocycles. The summed E-state index contributed by atoms with van der Waals surface area (Å²) < 4.78 is 5.10. The molecular formula is C23H45AgNO4. The van der Waals surface area contributed by atoms with Crippen molar-refractivity contribution in [3.05, 3.63) is 0 Å². The first kappa shape index (κ1) is 30.8. The molecule has 0 spiro atoms. The molecule has 5 nitrogen and oxygen atoms in total. The van der Waals surface area contributed by atoms with Crippen LogP contribution in [0, 0.1) is 0 Å². The Morgan fingerprint density at radius 3 is 1.52 bits per heavy atom. The zero-order valence-electron chi connectivity index (χ0n) is 18.6. The van der Waals surface area contributed by atoms with Gasteiger partial charge >= 0.3 is 11.9 Å². The third kappa shape index (κ3) is 23.8. The molecule has 0 aromatic carbocycles. The Labute approximate surface area is 194 Å². The molecule has 0 bridgehead atoms. The number of esters is 1. The number of rotatable bonds is 21. The van der Waals surface area contributed by atoms with Crippen LogP contribution >= 0.6 is 0 Å². The van der Waals surface area contributed by atoms with E-state index in [2.05, 4.69) is 6.92 Å². The van der Waals surface area contributed by atoms with Crippen LogP contribution < -0.4 is 5.73 Å². The molecule has 0 saturated heterocycles. The predicted molar refractivity (Wildman–Crippen MR) is 115 cm³/mol. The molecule has 1 atom stereocenters. The fraction of sp³-hybridized carbons (Fsp3) is 0.913. The van der Waals surface area contributed by atoms with Gasteiger partial charge in [0.05, 0.1) is 6.61 Å². The zero-order valence-corrected chi connectivity index (χ0v) is 20.0.